The van der Waals surface area contributed by atoms with Gasteiger partial charge in [0.15, 0.2) is 0 Å². The highest BCUT2D eigenvalue weighted by Crippen LogP contribution is 2.40. The topological polar surface area (TPSA) is 14.2 Å². The average molecular weight is 225 g/mol. The van der Waals surface area contributed by atoms with Gasteiger partial charge in [-0.3, -0.25) is 0 Å². The summed E-state index contributed by atoms with van der Waals surface area (Å²) in [6, 6.07) is 10.7. The fourth-order valence-electron chi connectivity index (χ4n) is 3.07. The van der Waals surface area contributed by atoms with Crippen molar-refractivity contribution in [2.24, 2.45) is 0 Å². The predicted octanol–water partition coefficient (Wildman–Crippen LogP) is 3.38. The second kappa shape index (κ2) is 3.39. The van der Waals surface area contributed by atoms with Crippen LogP contribution in [0.1, 0.15) is 24.1 Å². The molecule has 2 aromatic rings. The van der Waals surface area contributed by atoms with E-state index in [-0.39, 0.29) is 0 Å². The number of rotatable bonds is 0. The highest BCUT2D eigenvalue weighted by Gasteiger charge is 2.24. The summed E-state index contributed by atoms with van der Waals surface area (Å²) in [5.41, 5.74) is 5.52. The molecule has 0 radical (unpaired) electrons. The van der Waals surface area contributed by atoms with Crippen molar-refractivity contribution in [2.45, 2.75) is 32.4 Å². The number of aromatic nitrogens is 1. The van der Waals surface area contributed by atoms with E-state index in [9.17, 15) is 0 Å². The van der Waals surface area contributed by atoms with E-state index >= 15 is 0 Å². The molecular weight excluding hydrogens is 210 g/mol. The summed E-state index contributed by atoms with van der Waals surface area (Å²) in [5, 5.41) is 0. The Morgan fingerprint density at radius 1 is 1.12 bits per heavy atom. The smallest absolute Gasteiger partial charge is 0.129 e. The van der Waals surface area contributed by atoms with Crippen molar-refractivity contribution >= 4 is 0 Å². The summed E-state index contributed by atoms with van der Waals surface area (Å²) in [7, 11) is 0. The summed E-state index contributed by atoms with van der Waals surface area (Å²) >= 11 is 0. The molecule has 86 valence electrons. The van der Waals surface area contributed by atoms with E-state index < -0.39 is 0 Å². The summed E-state index contributed by atoms with van der Waals surface area (Å²) < 4.78 is 8.31. The highest BCUT2D eigenvalue weighted by molar-refractivity contribution is 5.73. The Bertz CT molecular complexity index is 583. The van der Waals surface area contributed by atoms with Gasteiger partial charge in [-0.1, -0.05) is 12.1 Å². The quantitative estimate of drug-likeness (QED) is 0.670. The maximum atomic E-state index is 5.81. The van der Waals surface area contributed by atoms with Crippen LogP contribution in [0.5, 0.6) is 5.75 Å². The number of hydrogen-bond acceptors (Lipinski definition) is 1. The second-order valence-electron chi connectivity index (χ2n) is 4.90. The molecule has 0 atom stereocenters. The number of hydrogen-bond donors (Lipinski definition) is 0. The summed E-state index contributed by atoms with van der Waals surface area (Å²) in [4.78, 5) is 0. The molecular formula is C15H15NO. The molecule has 2 aliphatic heterocycles. The zero-order valence-corrected chi connectivity index (χ0v) is 9.78. The van der Waals surface area contributed by atoms with Gasteiger partial charge < -0.3 is 9.30 Å². The van der Waals surface area contributed by atoms with Gasteiger partial charge in [0.1, 0.15) is 12.4 Å². The third kappa shape index (κ3) is 1.27. The van der Waals surface area contributed by atoms with Crippen molar-refractivity contribution in [1.29, 1.82) is 0 Å². The monoisotopic (exact) mass is 225 g/mol. The normalized spacial score (nSPS) is 16.7. The van der Waals surface area contributed by atoms with Crippen LogP contribution in [0.2, 0.25) is 0 Å². The first-order chi connectivity index (χ1) is 8.43. The molecule has 0 saturated carbocycles. The molecule has 0 N–H and O–H groups in total. The number of benzene rings is 1. The van der Waals surface area contributed by atoms with Crippen molar-refractivity contribution in [3.05, 3.63) is 41.6 Å². The molecule has 17 heavy (non-hydrogen) atoms. The van der Waals surface area contributed by atoms with E-state index in [0.29, 0.717) is 0 Å². The molecule has 1 aromatic carbocycles. The van der Waals surface area contributed by atoms with Crippen LogP contribution in [-0.4, -0.2) is 4.57 Å². The van der Waals surface area contributed by atoms with Gasteiger partial charge in [-0.05, 0) is 37.5 Å². The van der Waals surface area contributed by atoms with Crippen molar-refractivity contribution < 1.29 is 4.74 Å². The maximum Gasteiger partial charge on any atom is 0.129 e. The van der Waals surface area contributed by atoms with Crippen LogP contribution in [0, 0.1) is 0 Å². The Hall–Kier alpha value is -1.70. The number of nitrogens with zero attached hydrogens (tertiary/aromatic N) is 1. The maximum absolute atomic E-state index is 5.81. The highest BCUT2D eigenvalue weighted by atomic mass is 16.5. The first kappa shape index (κ1) is 9.34. The summed E-state index contributed by atoms with van der Waals surface area (Å²) in [6.45, 7) is 1.89. The molecule has 0 spiro atoms. The molecule has 3 heterocycles. The first-order valence-corrected chi connectivity index (χ1v) is 6.37. The SMILES string of the molecule is c1ccc2c(c1)OCc1cc3n(c1-2)CCCC3. The van der Waals surface area contributed by atoms with E-state index in [4.69, 9.17) is 4.74 Å². The van der Waals surface area contributed by atoms with E-state index in [1.165, 1.54) is 48.3 Å². The van der Waals surface area contributed by atoms with Crippen LogP contribution in [0.4, 0.5) is 0 Å². The minimum atomic E-state index is 0.729. The molecule has 0 fully saturated rings. The Labute approximate surface area is 101 Å². The Balaban J connectivity index is 1.99. The van der Waals surface area contributed by atoms with Crippen molar-refractivity contribution in [3.63, 3.8) is 0 Å². The molecule has 4 rings (SSSR count). The number of aryl methyl sites for hydroxylation is 1. The lowest BCUT2D eigenvalue weighted by Gasteiger charge is -2.22. The van der Waals surface area contributed by atoms with Crippen molar-refractivity contribution in [2.75, 3.05) is 0 Å². The van der Waals surface area contributed by atoms with Gasteiger partial charge in [0.2, 0.25) is 0 Å². The second-order valence-corrected chi connectivity index (χ2v) is 4.90. The van der Waals surface area contributed by atoms with Crippen molar-refractivity contribution in [3.8, 4) is 17.0 Å². The molecule has 0 saturated heterocycles. The van der Waals surface area contributed by atoms with Gasteiger partial charge in [0.25, 0.3) is 0 Å². The van der Waals surface area contributed by atoms with E-state index in [1.54, 1.807) is 0 Å². The number of ether oxygens (including phenoxy) is 1. The lowest BCUT2D eigenvalue weighted by atomic mass is 10.0. The zero-order valence-electron chi connectivity index (χ0n) is 9.78. The average Bonchev–Trinajstić information content (AvgIpc) is 2.77. The Morgan fingerprint density at radius 2 is 2.06 bits per heavy atom. The fourth-order valence-corrected chi connectivity index (χ4v) is 3.07. The van der Waals surface area contributed by atoms with E-state index in [2.05, 4.69) is 28.8 Å². The van der Waals surface area contributed by atoms with Crippen molar-refractivity contribution in [1.82, 2.24) is 4.57 Å². The molecule has 0 aliphatic carbocycles. The molecule has 2 nitrogen and oxygen atoms in total. The van der Waals surface area contributed by atoms with Crippen LogP contribution in [0.25, 0.3) is 11.3 Å². The first-order valence-electron chi connectivity index (χ1n) is 6.37. The minimum absolute atomic E-state index is 0.729. The predicted molar refractivity (Wildman–Crippen MR) is 67.1 cm³/mol. The van der Waals surface area contributed by atoms with Gasteiger partial charge in [0, 0.05) is 23.4 Å². The van der Waals surface area contributed by atoms with Gasteiger partial charge >= 0.3 is 0 Å². The number of fused-ring (bicyclic) bond motifs is 5. The van der Waals surface area contributed by atoms with E-state index in [1.807, 2.05) is 6.07 Å². The van der Waals surface area contributed by atoms with Crippen LogP contribution >= 0.6 is 0 Å². The standard InChI is InChI=1S/C15H15NO/c1-2-7-14-13(6-1)15-11(10-17-14)9-12-5-3-4-8-16(12)15/h1-2,6-7,9H,3-5,8,10H2. The molecule has 2 aliphatic rings. The minimum Gasteiger partial charge on any atom is -0.488 e. The lowest BCUT2D eigenvalue weighted by molar-refractivity contribution is 0.301. The molecule has 0 bridgehead atoms. The number of para-hydroxylation sites is 1. The Morgan fingerprint density at radius 3 is 3.06 bits per heavy atom. The van der Waals surface area contributed by atoms with Crippen LogP contribution < -0.4 is 4.74 Å². The third-order valence-electron chi connectivity index (χ3n) is 3.85. The van der Waals surface area contributed by atoms with Crippen LogP contribution in [0.15, 0.2) is 30.3 Å². The molecule has 0 unspecified atom stereocenters. The van der Waals surface area contributed by atoms with Gasteiger partial charge in [0.05, 0.1) is 5.69 Å². The molecule has 0 amide bonds. The summed E-state index contributed by atoms with van der Waals surface area (Å²) in [5.74, 6) is 1.03. The largest absolute Gasteiger partial charge is 0.488 e. The van der Waals surface area contributed by atoms with Gasteiger partial charge in [-0.25, -0.2) is 0 Å². The van der Waals surface area contributed by atoms with Crippen LogP contribution in [0.3, 0.4) is 0 Å². The lowest BCUT2D eigenvalue weighted by Crippen LogP contribution is -2.12. The molecule has 1 aromatic heterocycles. The fraction of sp³-hybridized carbons (Fsp3) is 0.333. The third-order valence-corrected chi connectivity index (χ3v) is 3.85. The molecule has 2 heteroatoms. The van der Waals surface area contributed by atoms with E-state index in [0.717, 1.165) is 12.4 Å². The van der Waals surface area contributed by atoms with Gasteiger partial charge in [-0.2, -0.15) is 0 Å². The Kier molecular flexibility index (Phi) is 1.87. The summed E-state index contributed by atoms with van der Waals surface area (Å²) in [6.07, 6.45) is 3.84. The van der Waals surface area contributed by atoms with Gasteiger partial charge in [-0.15, -0.1) is 0 Å². The zero-order chi connectivity index (χ0) is 11.2. The van der Waals surface area contributed by atoms with Crippen LogP contribution in [-0.2, 0) is 19.6 Å².